The van der Waals surface area contributed by atoms with Crippen molar-refractivity contribution in [2.24, 2.45) is 0 Å². The lowest BCUT2D eigenvalue weighted by Crippen LogP contribution is -2.20. The second-order valence-electron chi connectivity index (χ2n) is 1.45. The van der Waals surface area contributed by atoms with Crippen LogP contribution in [0.25, 0.3) is 0 Å². The van der Waals surface area contributed by atoms with Gasteiger partial charge in [0, 0.05) is 5.70 Å². The smallest absolute Gasteiger partial charge is 0.425 e. The van der Waals surface area contributed by atoms with Gasteiger partial charge in [-0.15, -0.1) is 0 Å². The molecule has 0 spiro atoms. The molecule has 0 aliphatic heterocycles. The van der Waals surface area contributed by atoms with E-state index < -0.39 is 6.09 Å². The van der Waals surface area contributed by atoms with Gasteiger partial charge in [-0.3, -0.25) is 0 Å². The second-order valence-corrected chi connectivity index (χ2v) is 1.45. The highest BCUT2D eigenvalue weighted by Crippen LogP contribution is 1.96. The van der Waals surface area contributed by atoms with Crippen LogP contribution in [0, 0.1) is 11.5 Å². The molecule has 0 unspecified atom stereocenters. The molecule has 0 bridgehead atoms. The SMILES string of the molecule is C=C(C)N(C#N)C(=O)O. The van der Waals surface area contributed by atoms with E-state index in [-0.39, 0.29) is 5.70 Å². The van der Waals surface area contributed by atoms with Crippen LogP contribution in [0.4, 0.5) is 4.79 Å². The Balaban J connectivity index is 4.22. The van der Waals surface area contributed by atoms with Crippen LogP contribution in [0.5, 0.6) is 0 Å². The Morgan fingerprint density at radius 1 is 1.89 bits per heavy atom. The molecule has 0 radical (unpaired) electrons. The summed E-state index contributed by atoms with van der Waals surface area (Å²) in [5.41, 5.74) is 0.199. The van der Waals surface area contributed by atoms with E-state index >= 15 is 0 Å². The second kappa shape index (κ2) is 2.72. The van der Waals surface area contributed by atoms with Crippen LogP contribution in [0.15, 0.2) is 12.3 Å². The summed E-state index contributed by atoms with van der Waals surface area (Å²) in [4.78, 5) is 10.5. The molecule has 1 N–H and O–H groups in total. The Hall–Kier alpha value is -1.50. The number of amides is 1. The third kappa shape index (κ3) is 1.82. The molecule has 0 aromatic heterocycles. The van der Waals surface area contributed by atoms with Crippen molar-refractivity contribution in [1.29, 1.82) is 5.26 Å². The lowest BCUT2D eigenvalue weighted by Gasteiger charge is -2.05. The molecule has 0 fully saturated rings. The Bertz CT molecular complexity index is 166. The zero-order valence-electron chi connectivity index (χ0n) is 4.96. The van der Waals surface area contributed by atoms with E-state index in [1.807, 2.05) is 0 Å². The minimum absolute atomic E-state index is 0.199. The van der Waals surface area contributed by atoms with E-state index in [9.17, 15) is 4.79 Å². The van der Waals surface area contributed by atoms with Crippen LogP contribution >= 0.6 is 0 Å². The molecule has 0 aromatic rings. The summed E-state index contributed by atoms with van der Waals surface area (Å²) in [5.74, 6) is 0. The van der Waals surface area contributed by atoms with Crippen LogP contribution in [-0.2, 0) is 0 Å². The van der Waals surface area contributed by atoms with Crippen LogP contribution in [0.2, 0.25) is 0 Å². The molecule has 0 atom stereocenters. The van der Waals surface area contributed by atoms with Gasteiger partial charge < -0.3 is 5.11 Å². The maximum Gasteiger partial charge on any atom is 0.425 e. The number of carboxylic acid groups (broad SMARTS) is 1. The van der Waals surface area contributed by atoms with Crippen LogP contribution < -0.4 is 0 Å². The van der Waals surface area contributed by atoms with Gasteiger partial charge in [-0.1, -0.05) is 6.58 Å². The summed E-state index contributed by atoms with van der Waals surface area (Å²) in [7, 11) is 0. The molecule has 4 heteroatoms. The van der Waals surface area contributed by atoms with Crippen LogP contribution in [0.3, 0.4) is 0 Å². The summed E-state index contributed by atoms with van der Waals surface area (Å²) in [5, 5.41) is 16.3. The normalized spacial score (nSPS) is 7.56. The van der Waals surface area contributed by atoms with Crippen molar-refractivity contribution in [3.8, 4) is 6.19 Å². The molecule has 0 aromatic carbocycles. The molecule has 0 aliphatic rings. The highest BCUT2D eigenvalue weighted by atomic mass is 16.4. The van der Waals surface area contributed by atoms with E-state index in [1.54, 1.807) is 0 Å². The van der Waals surface area contributed by atoms with Crippen molar-refractivity contribution >= 4 is 6.09 Å². The van der Waals surface area contributed by atoms with Gasteiger partial charge in [0.05, 0.1) is 0 Å². The molecule has 9 heavy (non-hydrogen) atoms. The molecule has 0 heterocycles. The zero-order valence-corrected chi connectivity index (χ0v) is 4.96. The van der Waals surface area contributed by atoms with E-state index in [4.69, 9.17) is 10.4 Å². The maximum atomic E-state index is 10.0. The Kier molecular flexibility index (Phi) is 2.27. The van der Waals surface area contributed by atoms with Gasteiger partial charge in [-0.25, -0.2) is 4.79 Å². The quantitative estimate of drug-likeness (QED) is 0.420. The number of nitriles is 1. The third-order valence-electron chi connectivity index (χ3n) is 0.673. The van der Waals surface area contributed by atoms with Crippen LogP contribution in [-0.4, -0.2) is 16.1 Å². The van der Waals surface area contributed by atoms with Gasteiger partial charge >= 0.3 is 6.09 Å². The van der Waals surface area contributed by atoms with Gasteiger partial charge in [-0.05, 0) is 6.92 Å². The number of nitrogens with zero attached hydrogens (tertiary/aromatic N) is 2. The first kappa shape index (κ1) is 7.50. The van der Waals surface area contributed by atoms with Crippen molar-refractivity contribution < 1.29 is 9.90 Å². The summed E-state index contributed by atoms with van der Waals surface area (Å²) in [6.45, 7) is 4.71. The van der Waals surface area contributed by atoms with E-state index in [1.165, 1.54) is 13.1 Å². The minimum Gasteiger partial charge on any atom is -0.464 e. The first-order chi connectivity index (χ1) is 4.09. The average molecular weight is 126 g/mol. The van der Waals surface area contributed by atoms with Crippen molar-refractivity contribution in [3.63, 3.8) is 0 Å². The fraction of sp³-hybridized carbons (Fsp3) is 0.200. The van der Waals surface area contributed by atoms with Gasteiger partial charge in [0.2, 0.25) is 0 Å². The molecule has 0 saturated carbocycles. The van der Waals surface area contributed by atoms with Crippen LogP contribution in [0.1, 0.15) is 6.92 Å². The van der Waals surface area contributed by atoms with Crippen molar-refractivity contribution in [1.82, 2.24) is 4.90 Å². The maximum absolute atomic E-state index is 10.0. The van der Waals surface area contributed by atoms with Gasteiger partial charge in [0.1, 0.15) is 0 Å². The summed E-state index contributed by atoms with van der Waals surface area (Å²) < 4.78 is 0. The lowest BCUT2D eigenvalue weighted by molar-refractivity contribution is 0.174. The number of hydrogen-bond acceptors (Lipinski definition) is 2. The molecular weight excluding hydrogens is 120 g/mol. The molecular formula is C5H6N2O2. The monoisotopic (exact) mass is 126 g/mol. The first-order valence-electron chi connectivity index (χ1n) is 2.18. The molecule has 0 aliphatic carbocycles. The molecule has 48 valence electrons. The predicted molar refractivity (Wildman–Crippen MR) is 30.3 cm³/mol. The molecule has 0 rings (SSSR count). The standard InChI is InChI=1S/C5H6N2O2/c1-4(2)7(3-6)5(8)9/h1H2,2H3,(H,8,9). The Morgan fingerprint density at radius 3 is 2.33 bits per heavy atom. The fourth-order valence-corrected chi connectivity index (χ4v) is 0.291. The highest BCUT2D eigenvalue weighted by molar-refractivity contribution is 5.69. The molecule has 1 amide bonds. The number of allylic oxidation sites excluding steroid dienone is 1. The topological polar surface area (TPSA) is 64.3 Å². The van der Waals surface area contributed by atoms with E-state index in [0.29, 0.717) is 4.90 Å². The van der Waals surface area contributed by atoms with Gasteiger partial charge in [-0.2, -0.15) is 10.2 Å². The fourth-order valence-electron chi connectivity index (χ4n) is 0.291. The predicted octanol–water partition coefficient (Wildman–Crippen LogP) is 0.981. The first-order valence-corrected chi connectivity index (χ1v) is 2.18. The van der Waals surface area contributed by atoms with E-state index in [2.05, 4.69) is 6.58 Å². The lowest BCUT2D eigenvalue weighted by atomic mass is 10.5. The molecule has 0 saturated heterocycles. The van der Waals surface area contributed by atoms with Gasteiger partial charge in [0.15, 0.2) is 6.19 Å². The summed E-state index contributed by atoms with van der Waals surface area (Å²) >= 11 is 0. The van der Waals surface area contributed by atoms with Crippen molar-refractivity contribution in [3.05, 3.63) is 12.3 Å². The zero-order chi connectivity index (χ0) is 7.44. The van der Waals surface area contributed by atoms with Crippen molar-refractivity contribution in [2.45, 2.75) is 6.92 Å². The highest BCUT2D eigenvalue weighted by Gasteiger charge is 2.09. The third-order valence-corrected chi connectivity index (χ3v) is 0.673. The summed E-state index contributed by atoms with van der Waals surface area (Å²) in [6, 6.07) is 0. The summed E-state index contributed by atoms with van der Waals surface area (Å²) in [6.07, 6.45) is 0.134. The number of carbonyl (C=O) groups is 1. The van der Waals surface area contributed by atoms with Gasteiger partial charge in [0.25, 0.3) is 0 Å². The Labute approximate surface area is 52.6 Å². The number of rotatable bonds is 1. The minimum atomic E-state index is -1.30. The largest absolute Gasteiger partial charge is 0.464 e. The molecule has 4 nitrogen and oxygen atoms in total. The Morgan fingerprint density at radius 2 is 2.33 bits per heavy atom. The number of hydrogen-bond donors (Lipinski definition) is 1. The van der Waals surface area contributed by atoms with Crippen molar-refractivity contribution in [2.75, 3.05) is 0 Å². The van der Waals surface area contributed by atoms with E-state index in [0.717, 1.165) is 0 Å². The average Bonchev–Trinajstić information content (AvgIpc) is 1.64.